The van der Waals surface area contributed by atoms with Crippen molar-refractivity contribution in [3.63, 3.8) is 0 Å². The van der Waals surface area contributed by atoms with Crippen LogP contribution >= 0.6 is 0 Å². The van der Waals surface area contributed by atoms with E-state index in [1.54, 1.807) is 24.3 Å². The van der Waals surface area contributed by atoms with E-state index in [2.05, 4.69) is 6.92 Å². The van der Waals surface area contributed by atoms with Crippen LogP contribution in [0.4, 0.5) is 0 Å². The first-order valence-electron chi connectivity index (χ1n) is 9.01. The van der Waals surface area contributed by atoms with E-state index in [1.807, 2.05) is 13.0 Å². The van der Waals surface area contributed by atoms with Gasteiger partial charge in [0.1, 0.15) is 0 Å². The molecule has 2 heterocycles. The molecular weight excluding hydrogens is 324 g/mol. The van der Waals surface area contributed by atoms with Crippen LogP contribution in [0.3, 0.4) is 0 Å². The zero-order valence-electron chi connectivity index (χ0n) is 14.6. The molecule has 4 nitrogen and oxygen atoms in total. The van der Waals surface area contributed by atoms with Crippen molar-refractivity contribution in [1.82, 2.24) is 0 Å². The molecule has 1 spiro atoms. The molecule has 5 heteroatoms. The summed E-state index contributed by atoms with van der Waals surface area (Å²) in [7, 11) is -3.30. The van der Waals surface area contributed by atoms with E-state index < -0.39 is 15.6 Å². The number of sulfone groups is 1. The lowest BCUT2D eigenvalue weighted by Gasteiger charge is -2.47. The Kier molecular flexibility index (Phi) is 5.33. The number of rotatable bonds is 4. The fraction of sp³-hybridized carbons (Fsp3) is 0.684. The van der Waals surface area contributed by atoms with E-state index in [4.69, 9.17) is 9.47 Å². The van der Waals surface area contributed by atoms with Crippen LogP contribution in [0.25, 0.3) is 0 Å². The third-order valence-electron chi connectivity index (χ3n) is 5.35. The SMILES string of the molecule is CC1CCC2(CCCCO2)OC1C(C)CS(=O)(=O)c1ccccc1. The van der Waals surface area contributed by atoms with Gasteiger partial charge in [0.05, 0.1) is 23.4 Å². The molecule has 24 heavy (non-hydrogen) atoms. The number of ether oxygens (including phenoxy) is 2. The van der Waals surface area contributed by atoms with Gasteiger partial charge in [-0.2, -0.15) is 0 Å². The lowest BCUT2D eigenvalue weighted by Crippen LogP contribution is -2.50. The Hall–Kier alpha value is -0.910. The molecule has 2 aliphatic rings. The highest BCUT2D eigenvalue weighted by atomic mass is 32.2. The van der Waals surface area contributed by atoms with E-state index >= 15 is 0 Å². The summed E-state index contributed by atoms with van der Waals surface area (Å²) in [4.78, 5) is 0.393. The highest BCUT2D eigenvalue weighted by molar-refractivity contribution is 7.91. The summed E-state index contributed by atoms with van der Waals surface area (Å²) in [5, 5.41) is 0. The van der Waals surface area contributed by atoms with Crippen molar-refractivity contribution in [2.24, 2.45) is 11.8 Å². The molecule has 0 radical (unpaired) electrons. The average Bonchev–Trinajstić information content (AvgIpc) is 2.58. The maximum Gasteiger partial charge on any atom is 0.178 e. The molecule has 3 rings (SSSR count). The van der Waals surface area contributed by atoms with Crippen molar-refractivity contribution >= 4 is 9.84 Å². The second-order valence-electron chi connectivity index (χ2n) is 7.39. The minimum Gasteiger partial charge on any atom is -0.350 e. The molecule has 2 fully saturated rings. The predicted octanol–water partition coefficient (Wildman–Crippen LogP) is 3.81. The molecule has 4 unspecified atom stereocenters. The smallest absolute Gasteiger partial charge is 0.178 e. The van der Waals surface area contributed by atoms with Crippen LogP contribution < -0.4 is 0 Å². The van der Waals surface area contributed by atoms with Crippen molar-refractivity contribution in [2.75, 3.05) is 12.4 Å². The number of hydrogen-bond donors (Lipinski definition) is 0. The fourth-order valence-electron chi connectivity index (χ4n) is 3.99. The quantitative estimate of drug-likeness (QED) is 0.827. The molecular formula is C19H28O4S. The number of hydrogen-bond acceptors (Lipinski definition) is 4. The van der Waals surface area contributed by atoms with Gasteiger partial charge in [-0.15, -0.1) is 0 Å². The van der Waals surface area contributed by atoms with Crippen LogP contribution in [0.15, 0.2) is 35.2 Å². The molecule has 0 aliphatic carbocycles. The third kappa shape index (κ3) is 3.84. The van der Waals surface area contributed by atoms with Crippen LogP contribution in [0.2, 0.25) is 0 Å². The predicted molar refractivity (Wildman–Crippen MR) is 93.5 cm³/mol. The highest BCUT2D eigenvalue weighted by Crippen LogP contribution is 2.41. The first-order chi connectivity index (χ1) is 11.4. The largest absolute Gasteiger partial charge is 0.350 e. The van der Waals surface area contributed by atoms with E-state index in [1.165, 1.54) is 0 Å². The van der Waals surface area contributed by atoms with Gasteiger partial charge in [-0.05, 0) is 43.2 Å². The van der Waals surface area contributed by atoms with Gasteiger partial charge in [-0.1, -0.05) is 32.0 Å². The Balaban J connectivity index is 1.72. The molecule has 0 N–H and O–H groups in total. The fourth-order valence-corrected chi connectivity index (χ4v) is 5.64. The first kappa shape index (κ1) is 17.9. The molecule has 134 valence electrons. The van der Waals surface area contributed by atoms with E-state index in [0.717, 1.165) is 38.7 Å². The Morgan fingerprint density at radius 2 is 1.96 bits per heavy atom. The summed E-state index contributed by atoms with van der Waals surface area (Å²) in [6.45, 7) is 4.90. The second kappa shape index (κ2) is 7.14. The minimum absolute atomic E-state index is 0.0621. The summed E-state index contributed by atoms with van der Waals surface area (Å²) in [6, 6.07) is 8.70. The van der Waals surface area contributed by atoms with Gasteiger partial charge >= 0.3 is 0 Å². The number of benzene rings is 1. The van der Waals surface area contributed by atoms with Crippen molar-refractivity contribution in [3.05, 3.63) is 30.3 Å². The van der Waals surface area contributed by atoms with Gasteiger partial charge in [0, 0.05) is 12.8 Å². The third-order valence-corrected chi connectivity index (χ3v) is 7.31. The molecule has 4 atom stereocenters. The highest BCUT2D eigenvalue weighted by Gasteiger charge is 2.44. The van der Waals surface area contributed by atoms with Crippen LogP contribution in [-0.2, 0) is 19.3 Å². The standard InChI is InChI=1S/C19H28O4S/c1-15-10-12-19(11-6-7-13-22-19)23-18(15)16(2)14-24(20,21)17-8-4-3-5-9-17/h3-5,8-9,15-16,18H,6-7,10-14H2,1-2H3. The molecule has 1 aromatic rings. The molecule has 0 aromatic heterocycles. The van der Waals surface area contributed by atoms with Crippen LogP contribution in [0.1, 0.15) is 46.0 Å². The van der Waals surface area contributed by atoms with Gasteiger partial charge < -0.3 is 9.47 Å². The minimum atomic E-state index is -3.30. The van der Waals surface area contributed by atoms with Crippen molar-refractivity contribution < 1.29 is 17.9 Å². The van der Waals surface area contributed by atoms with E-state index in [9.17, 15) is 8.42 Å². The molecule has 0 saturated carbocycles. The van der Waals surface area contributed by atoms with E-state index in [-0.39, 0.29) is 17.8 Å². The lowest BCUT2D eigenvalue weighted by molar-refractivity contribution is -0.310. The zero-order valence-corrected chi connectivity index (χ0v) is 15.4. The van der Waals surface area contributed by atoms with Crippen molar-refractivity contribution in [2.45, 2.75) is 62.7 Å². The summed E-state index contributed by atoms with van der Waals surface area (Å²) in [5.74, 6) is -0.0718. The Morgan fingerprint density at radius 3 is 2.62 bits per heavy atom. The first-order valence-corrected chi connectivity index (χ1v) is 10.7. The van der Waals surface area contributed by atoms with Gasteiger partial charge in [-0.3, -0.25) is 0 Å². The van der Waals surface area contributed by atoms with Crippen LogP contribution in [-0.4, -0.2) is 32.7 Å². The molecule has 0 amide bonds. The monoisotopic (exact) mass is 352 g/mol. The molecule has 1 aromatic carbocycles. The average molecular weight is 352 g/mol. The van der Waals surface area contributed by atoms with Crippen molar-refractivity contribution in [1.29, 1.82) is 0 Å². The normalized spacial score (nSPS) is 32.6. The van der Waals surface area contributed by atoms with Gasteiger partial charge in [-0.25, -0.2) is 8.42 Å². The Bertz CT molecular complexity index is 635. The molecule has 2 saturated heterocycles. The van der Waals surface area contributed by atoms with Gasteiger partial charge in [0.25, 0.3) is 0 Å². The lowest BCUT2D eigenvalue weighted by atomic mass is 9.84. The summed E-state index contributed by atoms with van der Waals surface area (Å²) >= 11 is 0. The van der Waals surface area contributed by atoms with Crippen LogP contribution in [0, 0.1) is 11.8 Å². The van der Waals surface area contributed by atoms with Gasteiger partial charge in [0.2, 0.25) is 0 Å². The summed E-state index contributed by atoms with van der Waals surface area (Å²) < 4.78 is 37.7. The second-order valence-corrected chi connectivity index (χ2v) is 9.42. The molecule has 2 aliphatic heterocycles. The van der Waals surface area contributed by atoms with Gasteiger partial charge in [0.15, 0.2) is 15.6 Å². The Morgan fingerprint density at radius 1 is 1.21 bits per heavy atom. The van der Waals surface area contributed by atoms with E-state index in [0.29, 0.717) is 10.8 Å². The zero-order chi connectivity index (χ0) is 17.2. The van der Waals surface area contributed by atoms with Crippen molar-refractivity contribution in [3.8, 4) is 0 Å². The Labute approximate surface area is 145 Å². The summed E-state index contributed by atoms with van der Waals surface area (Å²) in [5.41, 5.74) is 0. The maximum absolute atomic E-state index is 12.7. The molecule has 0 bridgehead atoms. The van der Waals surface area contributed by atoms with Crippen LogP contribution in [0.5, 0.6) is 0 Å². The topological polar surface area (TPSA) is 52.6 Å². The summed E-state index contributed by atoms with van der Waals surface area (Å²) in [6.07, 6.45) is 5.01. The maximum atomic E-state index is 12.7.